The smallest absolute Gasteiger partial charge is 0.353 e. The number of hydrogen-bond acceptors (Lipinski definition) is 26. The van der Waals surface area contributed by atoms with E-state index in [0.29, 0.717) is 54.1 Å². The van der Waals surface area contributed by atoms with Crippen LogP contribution >= 0.6 is 0 Å². The molecule has 2 aliphatic rings. The predicted octanol–water partition coefficient (Wildman–Crippen LogP) is -1.82. The Kier molecular flexibility index (Phi) is 32.0. The van der Waals surface area contributed by atoms with Gasteiger partial charge in [0.25, 0.3) is 10.1 Å². The van der Waals surface area contributed by atoms with E-state index >= 15 is 0 Å². The van der Waals surface area contributed by atoms with Gasteiger partial charge in [0, 0.05) is 87.9 Å². The highest BCUT2D eigenvalue weighted by molar-refractivity contribution is 7.86. The van der Waals surface area contributed by atoms with Crippen molar-refractivity contribution in [3.05, 3.63) is 170 Å². The minimum Gasteiger partial charge on any atom is -0.414 e. The molecule has 2 saturated heterocycles. The molecule has 0 spiro atoms. The van der Waals surface area contributed by atoms with Crippen molar-refractivity contribution in [3.8, 4) is 0 Å². The van der Waals surface area contributed by atoms with Gasteiger partial charge in [-0.3, -0.25) is 36.9 Å². The Balaban J connectivity index is 0.000000280. The largest absolute Gasteiger partial charge is 0.414 e. The number of halogens is 1. The molecule has 6 unspecified atom stereocenters. The lowest BCUT2D eigenvalue weighted by atomic mass is 9.99. The Morgan fingerprint density at radius 2 is 0.931 bits per heavy atom. The summed E-state index contributed by atoms with van der Waals surface area (Å²) in [6, 6.07) is 7.43. The number of benzene rings is 1. The molecule has 0 aliphatic carbocycles. The topological polar surface area (TPSA) is 418 Å². The molecule has 6 aromatic rings. The molecular weight excluding hydrogens is 1370 g/mol. The lowest BCUT2D eigenvalue weighted by molar-refractivity contribution is -0.0457. The Labute approximate surface area is 582 Å². The Morgan fingerprint density at radius 3 is 1.29 bits per heavy atom. The summed E-state index contributed by atoms with van der Waals surface area (Å²) in [4.78, 5) is 140. The van der Waals surface area contributed by atoms with Gasteiger partial charge in [-0.1, -0.05) is 39.0 Å². The molecule has 101 heavy (non-hydrogen) atoms. The van der Waals surface area contributed by atoms with Crippen molar-refractivity contribution in [3.63, 3.8) is 0 Å². The number of rotatable bonds is 24. The second-order valence-corrected chi connectivity index (χ2v) is 32.2. The quantitative estimate of drug-likeness (QED) is 0.0498. The molecule has 6 atom stereocenters. The van der Waals surface area contributed by atoms with Crippen molar-refractivity contribution in [2.75, 3.05) is 61.1 Å². The molecule has 5 aromatic heterocycles. The van der Waals surface area contributed by atoms with Crippen LogP contribution in [0.5, 0.6) is 0 Å². The third-order valence-electron chi connectivity index (χ3n) is 17.9. The van der Waals surface area contributed by atoms with Crippen LogP contribution in [0.3, 0.4) is 0 Å². The van der Waals surface area contributed by atoms with Crippen LogP contribution in [-0.2, 0) is 110 Å². The molecule has 2 N–H and O–H groups in total. The van der Waals surface area contributed by atoms with E-state index in [1.165, 1.54) is 64.1 Å². The van der Waals surface area contributed by atoms with Crippen LogP contribution in [0.2, 0.25) is 18.1 Å². The summed E-state index contributed by atoms with van der Waals surface area (Å²) in [6.07, 6.45) is 2.89. The zero-order valence-corrected chi connectivity index (χ0v) is 63.1. The number of aliphatic hydroxyl groups is 1. The maximum absolute atomic E-state index is 13.9. The van der Waals surface area contributed by atoms with Crippen LogP contribution in [0.25, 0.3) is 0 Å². The lowest BCUT2D eigenvalue weighted by Crippen LogP contribution is -2.51. The van der Waals surface area contributed by atoms with E-state index in [2.05, 4.69) is 67.9 Å². The van der Waals surface area contributed by atoms with Crippen LogP contribution in [0.15, 0.2) is 72.2 Å². The van der Waals surface area contributed by atoms with E-state index in [9.17, 15) is 60.8 Å². The van der Waals surface area contributed by atoms with Crippen molar-refractivity contribution in [1.29, 1.82) is 0 Å². The summed E-state index contributed by atoms with van der Waals surface area (Å²) in [5.74, 6) is 1.60. The van der Waals surface area contributed by atoms with Crippen molar-refractivity contribution < 1.29 is 50.2 Å². The van der Waals surface area contributed by atoms with Crippen LogP contribution in [-0.4, -0.2) is 201 Å². The van der Waals surface area contributed by atoms with Crippen molar-refractivity contribution in [2.24, 2.45) is 35.2 Å². The SMILES string of the molecule is COC(CN1C2CCC1CC(OCc1ccccc1F)C2)Cn1c(=O)nc(C)n(C)c1=O.COC(CO)Cn1c(=O)nc(C)n(C)c1=O.COC(COS(C)(=O)=O)Cn1c(=O)nc(C)n(C)c1=O.COC(CO[Si](C)(C)C(C)(C)C)Cn1c(=O)nc(C)n(C)c1=O.Cc1nc(=O)[nH]c(=O)n1C. The van der Waals surface area contributed by atoms with Crippen molar-refractivity contribution in [2.45, 2.75) is 175 Å². The highest BCUT2D eigenvalue weighted by atomic mass is 32.2. The molecule has 7 heterocycles. The van der Waals surface area contributed by atoms with Crippen molar-refractivity contribution in [1.82, 2.24) is 75.9 Å². The van der Waals surface area contributed by atoms with Crippen LogP contribution < -0.4 is 56.9 Å². The average Bonchev–Trinajstić information content (AvgIpc) is 1.03. The Morgan fingerprint density at radius 1 is 0.564 bits per heavy atom. The van der Waals surface area contributed by atoms with Gasteiger partial charge in [0.05, 0.1) is 83.3 Å². The fraction of sp³-hybridized carbons (Fsp3) is 0.661. The molecule has 0 radical (unpaired) electrons. The van der Waals surface area contributed by atoms with Gasteiger partial charge in [-0.2, -0.15) is 33.3 Å². The number of methoxy groups -OCH3 is 4. The zero-order chi connectivity index (χ0) is 76.3. The maximum Gasteiger partial charge on any atom is 0.353 e. The summed E-state index contributed by atoms with van der Waals surface area (Å²) in [7, 11) is 8.10. The van der Waals surface area contributed by atoms with E-state index in [-0.39, 0.29) is 86.7 Å². The third kappa shape index (κ3) is 24.1. The first kappa shape index (κ1) is 85.4. The lowest BCUT2D eigenvalue weighted by Gasteiger charge is -2.40. The fourth-order valence-electron chi connectivity index (χ4n) is 9.95. The third-order valence-corrected chi connectivity index (χ3v) is 23.0. The van der Waals surface area contributed by atoms with E-state index in [1.54, 1.807) is 75.2 Å². The second-order valence-electron chi connectivity index (χ2n) is 25.8. The number of aryl methyl sites for hydroxylation is 5. The van der Waals surface area contributed by atoms with E-state index in [4.69, 9.17) is 33.2 Å². The molecule has 8 rings (SSSR count). The molecule has 564 valence electrons. The predicted molar refractivity (Wildman–Crippen MR) is 371 cm³/mol. The number of nitrogens with zero attached hydrogens (tertiary/aromatic N) is 15. The van der Waals surface area contributed by atoms with Crippen LogP contribution in [0.4, 0.5) is 4.39 Å². The maximum atomic E-state index is 13.9. The first-order valence-electron chi connectivity index (χ1n) is 32.1. The standard InChI is InChI=1S/C23H31FN4O4.C15H29N3O4Si.C10H17N3O6S.C9H15N3O4.C5H7N3O2/c1-15-25-22(29)28(23(30)26(15)2)13-20(31-3)12-27-17-8-9-18(27)11-19(10-17)32-14-16-6-4-5-7-21(16)24;1-11-16-13(19)18(14(20)17(11)5)9-12(21-6)10-22-23(7,8)15(2,3)4;1-7-11-9(14)13(10(15)12(7)2)5-8(18-3)6-19-20(4,16)17;1-6-10-8(14)12(9(15)11(6)2)4-7(5-13)16-3;1-3-6-4(9)7-5(10)8(3)2/h4-7,17-20H,8-14H2,1-3H3;12H,9-10H2,1-8H3;8H,5-6H2,1-4H3;7,13H,4-5H2,1-3H3;1-2H3,(H,7,9,10). The van der Waals surface area contributed by atoms with E-state index < -0.39 is 81.9 Å². The highest BCUT2D eigenvalue weighted by Crippen LogP contribution is 2.38. The number of hydrogen-bond donors (Lipinski definition) is 2. The minimum atomic E-state index is -3.62. The number of ether oxygens (including phenoxy) is 5. The number of H-pyrrole nitrogens is 1. The van der Waals surface area contributed by atoms with Gasteiger partial charge in [0.15, 0.2) is 8.32 Å². The first-order valence-corrected chi connectivity index (χ1v) is 36.8. The van der Waals surface area contributed by atoms with Gasteiger partial charge in [0.1, 0.15) is 41.0 Å². The Hall–Kier alpha value is -7.99. The second kappa shape index (κ2) is 37.8. The Bertz CT molecular complexity index is 4520. The van der Waals surface area contributed by atoms with Gasteiger partial charge in [-0.25, -0.2) is 70.6 Å². The highest BCUT2D eigenvalue weighted by Gasteiger charge is 2.42. The molecule has 2 bridgehead atoms. The fourth-order valence-corrected chi connectivity index (χ4v) is 11.4. The number of fused-ring (bicyclic) bond motifs is 2. The molecule has 0 amide bonds. The minimum absolute atomic E-state index is 0.00815. The van der Waals surface area contributed by atoms with Crippen LogP contribution in [0, 0.1) is 40.4 Å². The number of aromatic nitrogens is 15. The molecule has 36 nitrogen and oxygen atoms in total. The van der Waals surface area contributed by atoms with Gasteiger partial charge in [-0.15, -0.1) is 0 Å². The molecule has 2 fully saturated rings. The van der Waals surface area contributed by atoms with E-state index in [0.717, 1.165) is 50.2 Å². The summed E-state index contributed by atoms with van der Waals surface area (Å²) in [5.41, 5.74) is -4.68. The van der Waals surface area contributed by atoms with Gasteiger partial charge in [0.2, 0.25) is 0 Å². The number of aliphatic hydroxyl groups excluding tert-OH is 1. The molecule has 2 aliphatic heterocycles. The normalized spacial score (nSPS) is 16.5. The zero-order valence-electron chi connectivity index (χ0n) is 61.2. The molecule has 0 saturated carbocycles. The van der Waals surface area contributed by atoms with Gasteiger partial charge in [-0.05, 0) is 84.5 Å². The summed E-state index contributed by atoms with van der Waals surface area (Å²) in [5, 5.41) is 9.01. The number of piperidine rings is 1. The molecule has 39 heteroatoms. The monoisotopic (exact) mass is 1470 g/mol. The summed E-state index contributed by atoms with van der Waals surface area (Å²) < 4.78 is 84.0. The van der Waals surface area contributed by atoms with Crippen LogP contribution in [0.1, 0.15) is 81.1 Å². The van der Waals surface area contributed by atoms with Crippen molar-refractivity contribution >= 4 is 18.4 Å². The number of aromatic amines is 1. The molecule has 1 aromatic carbocycles. The summed E-state index contributed by atoms with van der Waals surface area (Å²) in [6.45, 7) is 19.6. The van der Waals surface area contributed by atoms with E-state index in [1.807, 2.05) is 11.1 Å². The first-order chi connectivity index (χ1) is 47.0. The molecular formula is C62H99FN16O20SSi. The average molecular weight is 1470 g/mol. The van der Waals surface area contributed by atoms with Gasteiger partial charge < -0.3 is 33.2 Å². The van der Waals surface area contributed by atoms with Gasteiger partial charge >= 0.3 is 56.9 Å². The summed E-state index contributed by atoms with van der Waals surface area (Å²) >= 11 is 0. The number of nitrogens with one attached hydrogen (secondary N) is 1.